The highest BCUT2D eigenvalue weighted by Crippen LogP contribution is 2.47. The molecular weight excluding hydrogens is 559 g/mol. The number of hydrogen-bond acceptors (Lipinski definition) is 6. The van der Waals surface area contributed by atoms with Crippen LogP contribution >= 0.6 is 22.7 Å². The molecule has 0 saturated carbocycles. The summed E-state index contributed by atoms with van der Waals surface area (Å²) in [5, 5.41) is 3.80. The van der Waals surface area contributed by atoms with Gasteiger partial charge in [0, 0.05) is 64.2 Å². The van der Waals surface area contributed by atoms with Gasteiger partial charge in [-0.2, -0.15) is 0 Å². The average molecular weight is 582 g/mol. The number of nitrogens with zero attached hydrogens (tertiary/aromatic N) is 3. The zero-order chi connectivity index (χ0) is 28.5. The number of carbonyl (C=O) groups is 2. The van der Waals surface area contributed by atoms with Crippen molar-refractivity contribution in [3.05, 3.63) is 118 Å². The van der Waals surface area contributed by atoms with E-state index in [0.29, 0.717) is 11.1 Å². The highest BCUT2D eigenvalue weighted by molar-refractivity contribution is 7.20. The lowest BCUT2D eigenvalue weighted by Crippen LogP contribution is -2.31. The van der Waals surface area contributed by atoms with Crippen LogP contribution in [0.5, 0.6) is 0 Å². The molecule has 8 rings (SSSR count). The molecule has 202 valence electrons. The van der Waals surface area contributed by atoms with Gasteiger partial charge in [0.05, 0.1) is 28.7 Å². The van der Waals surface area contributed by atoms with Crippen molar-refractivity contribution in [2.75, 3.05) is 0 Å². The first-order valence-electron chi connectivity index (χ1n) is 13.7. The van der Waals surface area contributed by atoms with Gasteiger partial charge in [0.25, 0.3) is 11.8 Å². The molecule has 1 aliphatic rings. The van der Waals surface area contributed by atoms with Gasteiger partial charge in [0.2, 0.25) is 0 Å². The number of pyridine rings is 2. The molecule has 0 N–H and O–H groups in total. The maximum atomic E-state index is 14.6. The highest BCUT2D eigenvalue weighted by atomic mass is 32.1. The molecule has 0 unspecified atom stereocenters. The molecule has 7 heteroatoms. The van der Waals surface area contributed by atoms with Crippen molar-refractivity contribution in [3.63, 3.8) is 0 Å². The van der Waals surface area contributed by atoms with E-state index in [0.717, 1.165) is 68.4 Å². The second-order valence-electron chi connectivity index (χ2n) is 10.5. The van der Waals surface area contributed by atoms with Gasteiger partial charge in [0.15, 0.2) is 0 Å². The van der Waals surface area contributed by atoms with Crippen LogP contribution in [0.1, 0.15) is 26.4 Å². The first-order valence-corrected chi connectivity index (χ1v) is 15.3. The molecule has 0 atom stereocenters. The van der Waals surface area contributed by atoms with Gasteiger partial charge < -0.3 is 0 Å². The number of thiophene rings is 2. The molecule has 5 heterocycles. The van der Waals surface area contributed by atoms with Crippen LogP contribution in [-0.4, -0.2) is 26.7 Å². The summed E-state index contributed by atoms with van der Waals surface area (Å²) in [5.41, 5.74) is 5.12. The zero-order valence-corrected chi connectivity index (χ0v) is 24.5. The minimum absolute atomic E-state index is 0.139. The summed E-state index contributed by atoms with van der Waals surface area (Å²) in [5.74, 6) is -0.528. The van der Waals surface area contributed by atoms with Gasteiger partial charge in [-0.05, 0) is 49.7 Å². The van der Waals surface area contributed by atoms with E-state index < -0.39 is 0 Å². The lowest BCUT2D eigenvalue weighted by atomic mass is 9.93. The van der Waals surface area contributed by atoms with Crippen molar-refractivity contribution in [1.82, 2.24) is 14.9 Å². The van der Waals surface area contributed by atoms with Crippen LogP contribution in [0.2, 0.25) is 0 Å². The summed E-state index contributed by atoms with van der Waals surface area (Å²) in [6.07, 6.45) is 3.51. The van der Waals surface area contributed by atoms with Crippen LogP contribution in [0.15, 0.2) is 91.3 Å². The lowest BCUT2D eigenvalue weighted by Gasteiger charge is -2.18. The largest absolute Gasteiger partial charge is 0.270 e. The van der Waals surface area contributed by atoms with Gasteiger partial charge in [-0.1, -0.05) is 48.5 Å². The van der Waals surface area contributed by atoms with Gasteiger partial charge in [0.1, 0.15) is 0 Å². The fourth-order valence-corrected chi connectivity index (χ4v) is 8.43. The number of carbonyl (C=O) groups excluding carboxylic acids is 2. The molecule has 0 aliphatic carbocycles. The third-order valence-electron chi connectivity index (χ3n) is 8.09. The summed E-state index contributed by atoms with van der Waals surface area (Å²) in [7, 11) is 0. The monoisotopic (exact) mass is 581 g/mol. The van der Waals surface area contributed by atoms with Gasteiger partial charge in [-0.15, -0.1) is 22.7 Å². The Morgan fingerprint density at radius 1 is 0.643 bits per heavy atom. The molecular formula is C35H23N3O2S2. The molecule has 2 amide bonds. The molecule has 4 aromatic heterocycles. The number of amides is 2. The number of benzene rings is 3. The number of fused-ring (bicyclic) bond motifs is 5. The molecule has 0 spiro atoms. The van der Waals surface area contributed by atoms with Gasteiger partial charge in [-0.25, -0.2) is 0 Å². The minimum atomic E-state index is -0.264. The van der Waals surface area contributed by atoms with E-state index in [1.54, 1.807) is 35.1 Å². The smallest absolute Gasteiger partial charge is 0.262 e. The fraction of sp³-hybridized carbons (Fsp3) is 0.0857. The Hall–Kier alpha value is -4.72. The molecule has 42 heavy (non-hydrogen) atoms. The van der Waals surface area contributed by atoms with Crippen molar-refractivity contribution in [1.29, 1.82) is 0 Å². The van der Waals surface area contributed by atoms with E-state index >= 15 is 0 Å². The molecule has 1 aliphatic heterocycles. The van der Waals surface area contributed by atoms with Crippen molar-refractivity contribution < 1.29 is 9.59 Å². The van der Waals surface area contributed by atoms with Gasteiger partial charge in [-0.3, -0.25) is 24.5 Å². The Kier molecular flexibility index (Phi) is 5.61. The SMILES string of the molecule is Cc1sc2ccccc2c1C1=C(c2c(C)sc3ccccc23)C(=O)N(Cc2cc3cccnc3c3ncccc23)C1=O. The number of rotatable bonds is 4. The van der Waals surface area contributed by atoms with Crippen LogP contribution in [0, 0.1) is 13.8 Å². The Balaban J connectivity index is 1.37. The van der Waals surface area contributed by atoms with E-state index in [1.807, 2.05) is 80.6 Å². The number of hydrogen-bond donors (Lipinski definition) is 0. The molecule has 5 nitrogen and oxygen atoms in total. The van der Waals surface area contributed by atoms with Crippen molar-refractivity contribution in [2.24, 2.45) is 0 Å². The third-order valence-corrected chi connectivity index (χ3v) is 10.3. The highest BCUT2D eigenvalue weighted by Gasteiger charge is 2.42. The second kappa shape index (κ2) is 9.41. The molecule has 0 radical (unpaired) electrons. The Labute approximate surface area is 249 Å². The summed E-state index contributed by atoms with van der Waals surface area (Å²) in [6.45, 7) is 4.22. The summed E-state index contributed by atoms with van der Waals surface area (Å²) >= 11 is 3.31. The van der Waals surface area contributed by atoms with E-state index in [2.05, 4.69) is 22.1 Å². The topological polar surface area (TPSA) is 63.2 Å². The van der Waals surface area contributed by atoms with Crippen LogP contribution in [0.3, 0.4) is 0 Å². The van der Waals surface area contributed by atoms with Crippen molar-refractivity contribution in [3.8, 4) is 0 Å². The predicted molar refractivity (Wildman–Crippen MR) is 173 cm³/mol. The van der Waals surface area contributed by atoms with E-state index in [1.165, 1.54) is 4.90 Å². The molecule has 0 saturated heterocycles. The maximum Gasteiger partial charge on any atom is 0.262 e. The average Bonchev–Trinajstić information content (AvgIpc) is 3.60. The third kappa shape index (κ3) is 3.60. The Bertz CT molecular complexity index is 2210. The summed E-state index contributed by atoms with van der Waals surface area (Å²) < 4.78 is 2.20. The molecule has 0 bridgehead atoms. The zero-order valence-electron chi connectivity index (χ0n) is 22.8. The number of aryl methyl sites for hydroxylation is 2. The minimum Gasteiger partial charge on any atom is -0.270 e. The first kappa shape index (κ1) is 25.0. The van der Waals surface area contributed by atoms with Crippen LogP contribution in [-0.2, 0) is 16.1 Å². The maximum absolute atomic E-state index is 14.6. The molecule has 3 aromatic carbocycles. The van der Waals surface area contributed by atoms with Crippen molar-refractivity contribution in [2.45, 2.75) is 20.4 Å². The van der Waals surface area contributed by atoms with Crippen LogP contribution in [0.25, 0.3) is 53.1 Å². The summed E-state index contributed by atoms with van der Waals surface area (Å²) in [4.78, 5) is 41.9. The number of imide groups is 1. The fourth-order valence-electron chi connectivity index (χ4n) is 6.29. The summed E-state index contributed by atoms with van der Waals surface area (Å²) in [6, 6.07) is 26.0. The Morgan fingerprint density at radius 3 is 1.79 bits per heavy atom. The first-order chi connectivity index (χ1) is 20.5. The standard InChI is InChI=1S/C35H23N3O2S2/c1-19-28(24-10-3-5-13-26(24)41-19)30-31(29-20(2)42-27-14-6-4-11-25(27)29)35(40)38(34(30)39)18-22-17-21-9-7-15-36-32(21)33-23(22)12-8-16-37-33/h3-17H,18H2,1-2H3. The van der Waals surface area contributed by atoms with E-state index in [9.17, 15) is 9.59 Å². The van der Waals surface area contributed by atoms with E-state index in [4.69, 9.17) is 0 Å². The van der Waals surface area contributed by atoms with Crippen LogP contribution < -0.4 is 0 Å². The lowest BCUT2D eigenvalue weighted by molar-refractivity contribution is -0.136. The molecule has 0 fully saturated rings. The Morgan fingerprint density at radius 2 is 1.17 bits per heavy atom. The van der Waals surface area contributed by atoms with Crippen molar-refractivity contribution >= 4 is 87.6 Å². The molecule has 7 aromatic rings. The predicted octanol–water partition coefficient (Wildman–Crippen LogP) is 8.31. The van der Waals surface area contributed by atoms with E-state index in [-0.39, 0.29) is 18.4 Å². The number of aromatic nitrogens is 2. The quantitative estimate of drug-likeness (QED) is 0.155. The van der Waals surface area contributed by atoms with Gasteiger partial charge >= 0.3 is 0 Å². The van der Waals surface area contributed by atoms with Crippen LogP contribution in [0.4, 0.5) is 0 Å². The second-order valence-corrected chi connectivity index (χ2v) is 13.0. The normalized spacial score (nSPS) is 14.0.